The predicted octanol–water partition coefficient (Wildman–Crippen LogP) is 3.43. The zero-order chi connectivity index (χ0) is 23.6. The van der Waals surface area contributed by atoms with Crippen molar-refractivity contribution in [3.8, 4) is 5.75 Å². The summed E-state index contributed by atoms with van der Waals surface area (Å²) in [5.74, 6) is -0.509. The van der Waals surface area contributed by atoms with Crippen LogP contribution in [0.4, 0.5) is 5.69 Å². The van der Waals surface area contributed by atoms with E-state index < -0.39 is 18.5 Å². The standard InChI is InChI=1S/C25H30N2O6/c1-17(2)14-26-24(29)21-7-3-4-8-22(21)27-23(28)16-33-25(30)18-9-11-19(12-10-18)32-15-20-6-5-13-31-20/h3-4,7-12,17,20H,5-6,13-16H2,1-2H3,(H,26,29)(H,27,28). The number of hydrogen-bond acceptors (Lipinski definition) is 6. The predicted molar refractivity (Wildman–Crippen MR) is 123 cm³/mol. The minimum Gasteiger partial charge on any atom is -0.491 e. The topological polar surface area (TPSA) is 103 Å². The van der Waals surface area contributed by atoms with Crippen molar-refractivity contribution in [2.24, 2.45) is 5.92 Å². The molecule has 0 bridgehead atoms. The molecule has 1 heterocycles. The molecule has 2 aromatic rings. The highest BCUT2D eigenvalue weighted by atomic mass is 16.5. The van der Waals surface area contributed by atoms with Crippen molar-refractivity contribution in [2.45, 2.75) is 32.8 Å². The quantitative estimate of drug-likeness (QED) is 0.533. The number of carbonyl (C=O) groups is 3. The van der Waals surface area contributed by atoms with Crippen LogP contribution in [0.15, 0.2) is 48.5 Å². The summed E-state index contributed by atoms with van der Waals surface area (Å²) in [4.78, 5) is 37.0. The Kier molecular flexibility index (Phi) is 8.83. The van der Waals surface area contributed by atoms with Crippen molar-refractivity contribution in [2.75, 3.05) is 31.7 Å². The molecule has 1 aliphatic heterocycles. The van der Waals surface area contributed by atoms with Crippen LogP contribution in [-0.4, -0.2) is 50.3 Å². The molecule has 8 nitrogen and oxygen atoms in total. The van der Waals surface area contributed by atoms with E-state index in [1.165, 1.54) is 0 Å². The summed E-state index contributed by atoms with van der Waals surface area (Å²) in [6.07, 6.45) is 2.14. The van der Waals surface area contributed by atoms with Gasteiger partial charge in [0, 0.05) is 13.2 Å². The summed E-state index contributed by atoms with van der Waals surface area (Å²) >= 11 is 0. The molecular weight excluding hydrogens is 424 g/mol. The van der Waals surface area contributed by atoms with E-state index in [9.17, 15) is 14.4 Å². The molecule has 0 saturated carbocycles. The summed E-state index contributed by atoms with van der Waals surface area (Å²) < 4.78 is 16.3. The Labute approximate surface area is 193 Å². The van der Waals surface area contributed by atoms with Gasteiger partial charge >= 0.3 is 5.97 Å². The number of para-hydroxylation sites is 1. The highest BCUT2D eigenvalue weighted by molar-refractivity contribution is 6.04. The van der Waals surface area contributed by atoms with Crippen molar-refractivity contribution in [1.29, 1.82) is 0 Å². The van der Waals surface area contributed by atoms with Crippen molar-refractivity contribution >= 4 is 23.5 Å². The van der Waals surface area contributed by atoms with E-state index in [0.29, 0.717) is 41.6 Å². The summed E-state index contributed by atoms with van der Waals surface area (Å²) in [5.41, 5.74) is 1.00. The molecule has 1 fully saturated rings. The number of ether oxygens (including phenoxy) is 3. The first-order valence-electron chi connectivity index (χ1n) is 11.1. The third-order valence-corrected chi connectivity index (χ3v) is 5.00. The number of hydrogen-bond donors (Lipinski definition) is 2. The second-order valence-electron chi connectivity index (χ2n) is 8.24. The van der Waals surface area contributed by atoms with Crippen LogP contribution in [0, 0.1) is 5.92 Å². The number of nitrogens with one attached hydrogen (secondary N) is 2. The van der Waals surface area contributed by atoms with Gasteiger partial charge in [-0.1, -0.05) is 26.0 Å². The fourth-order valence-electron chi connectivity index (χ4n) is 3.24. The summed E-state index contributed by atoms with van der Waals surface area (Å²) in [7, 11) is 0. The lowest BCUT2D eigenvalue weighted by atomic mass is 10.1. The largest absolute Gasteiger partial charge is 0.491 e. The molecule has 176 valence electrons. The lowest BCUT2D eigenvalue weighted by molar-refractivity contribution is -0.119. The fourth-order valence-corrected chi connectivity index (χ4v) is 3.24. The van der Waals surface area contributed by atoms with Gasteiger partial charge in [-0.2, -0.15) is 0 Å². The minimum atomic E-state index is -0.626. The van der Waals surface area contributed by atoms with Crippen molar-refractivity contribution in [1.82, 2.24) is 5.32 Å². The molecular formula is C25H30N2O6. The Morgan fingerprint density at radius 2 is 1.85 bits per heavy atom. The second-order valence-corrected chi connectivity index (χ2v) is 8.24. The van der Waals surface area contributed by atoms with E-state index in [2.05, 4.69) is 10.6 Å². The molecule has 1 unspecified atom stereocenters. The van der Waals surface area contributed by atoms with Crippen LogP contribution in [0.3, 0.4) is 0 Å². The van der Waals surface area contributed by atoms with Crippen LogP contribution in [0.2, 0.25) is 0 Å². The average molecular weight is 455 g/mol. The zero-order valence-corrected chi connectivity index (χ0v) is 19.0. The lowest BCUT2D eigenvalue weighted by Gasteiger charge is -2.13. The lowest BCUT2D eigenvalue weighted by Crippen LogP contribution is -2.29. The maximum Gasteiger partial charge on any atom is 0.338 e. The Hall–Kier alpha value is -3.39. The van der Waals surface area contributed by atoms with Crippen LogP contribution in [0.1, 0.15) is 47.4 Å². The molecule has 3 rings (SSSR count). The highest BCUT2D eigenvalue weighted by Crippen LogP contribution is 2.18. The molecule has 2 aromatic carbocycles. The van der Waals surface area contributed by atoms with Gasteiger partial charge in [0.05, 0.1) is 22.9 Å². The summed E-state index contributed by atoms with van der Waals surface area (Å²) in [6.45, 7) is 5.28. The van der Waals surface area contributed by atoms with Crippen LogP contribution in [0.5, 0.6) is 5.75 Å². The van der Waals surface area contributed by atoms with Gasteiger partial charge in [-0.05, 0) is 55.2 Å². The van der Waals surface area contributed by atoms with Gasteiger partial charge in [-0.25, -0.2) is 4.79 Å². The van der Waals surface area contributed by atoms with E-state index in [1.807, 2.05) is 13.8 Å². The van der Waals surface area contributed by atoms with Gasteiger partial charge in [0.2, 0.25) is 0 Å². The number of rotatable bonds is 10. The molecule has 2 amide bonds. The molecule has 2 N–H and O–H groups in total. The van der Waals surface area contributed by atoms with Gasteiger partial charge in [0.15, 0.2) is 6.61 Å². The molecule has 0 spiro atoms. The first-order valence-corrected chi connectivity index (χ1v) is 11.1. The maximum absolute atomic E-state index is 12.4. The van der Waals surface area contributed by atoms with Crippen molar-refractivity contribution < 1.29 is 28.6 Å². The molecule has 1 saturated heterocycles. The minimum absolute atomic E-state index is 0.111. The zero-order valence-electron chi connectivity index (χ0n) is 19.0. The van der Waals surface area contributed by atoms with Crippen LogP contribution >= 0.6 is 0 Å². The van der Waals surface area contributed by atoms with Gasteiger partial charge < -0.3 is 24.8 Å². The number of anilines is 1. The SMILES string of the molecule is CC(C)CNC(=O)c1ccccc1NC(=O)COC(=O)c1ccc(OCC2CCCO2)cc1. The Bertz CT molecular complexity index is 952. The monoisotopic (exact) mass is 454 g/mol. The highest BCUT2D eigenvalue weighted by Gasteiger charge is 2.17. The van der Waals surface area contributed by atoms with E-state index in [0.717, 1.165) is 19.4 Å². The molecule has 0 aliphatic carbocycles. The van der Waals surface area contributed by atoms with Gasteiger partial charge in [0.1, 0.15) is 12.4 Å². The molecule has 33 heavy (non-hydrogen) atoms. The van der Waals surface area contributed by atoms with Gasteiger partial charge in [0.25, 0.3) is 11.8 Å². The maximum atomic E-state index is 12.4. The number of amides is 2. The van der Waals surface area contributed by atoms with E-state index in [4.69, 9.17) is 14.2 Å². The average Bonchev–Trinajstić information content (AvgIpc) is 3.34. The first-order chi connectivity index (χ1) is 15.9. The molecule has 0 radical (unpaired) electrons. The Morgan fingerprint density at radius 1 is 1.09 bits per heavy atom. The Balaban J connectivity index is 1.47. The third-order valence-electron chi connectivity index (χ3n) is 5.00. The van der Waals surface area contributed by atoms with E-state index in [1.54, 1.807) is 48.5 Å². The van der Waals surface area contributed by atoms with Crippen molar-refractivity contribution in [3.05, 3.63) is 59.7 Å². The van der Waals surface area contributed by atoms with E-state index in [-0.39, 0.29) is 12.0 Å². The molecule has 1 aliphatic rings. The Morgan fingerprint density at radius 3 is 2.55 bits per heavy atom. The number of benzene rings is 2. The fraction of sp³-hybridized carbons (Fsp3) is 0.400. The third kappa shape index (κ3) is 7.61. The molecule has 8 heteroatoms. The summed E-state index contributed by atoms with van der Waals surface area (Å²) in [5, 5.41) is 5.45. The van der Waals surface area contributed by atoms with Crippen LogP contribution in [0.25, 0.3) is 0 Å². The van der Waals surface area contributed by atoms with Crippen molar-refractivity contribution in [3.63, 3.8) is 0 Å². The smallest absolute Gasteiger partial charge is 0.338 e. The molecule has 1 atom stereocenters. The van der Waals surface area contributed by atoms with E-state index >= 15 is 0 Å². The number of esters is 1. The van der Waals surface area contributed by atoms with Gasteiger partial charge in [-0.3, -0.25) is 9.59 Å². The molecule has 0 aromatic heterocycles. The van der Waals surface area contributed by atoms with Gasteiger partial charge in [-0.15, -0.1) is 0 Å². The summed E-state index contributed by atoms with van der Waals surface area (Å²) in [6, 6.07) is 13.2. The van der Waals surface area contributed by atoms with Crippen LogP contribution < -0.4 is 15.4 Å². The first kappa shape index (κ1) is 24.3. The number of carbonyl (C=O) groups excluding carboxylic acids is 3. The van der Waals surface area contributed by atoms with Crippen LogP contribution in [-0.2, 0) is 14.3 Å². The normalized spacial score (nSPS) is 15.2. The second kappa shape index (κ2) is 12.0.